The molecule has 0 heterocycles. The zero-order valence-corrected chi connectivity index (χ0v) is 6.46. The summed E-state index contributed by atoms with van der Waals surface area (Å²) in [6.45, 7) is 2.88. The molecule has 0 fully saturated rings. The lowest BCUT2D eigenvalue weighted by Crippen LogP contribution is -1.93. The number of hydrogen-bond acceptors (Lipinski definition) is 1. The molecule has 56 valence electrons. The summed E-state index contributed by atoms with van der Waals surface area (Å²) >= 11 is 0. The summed E-state index contributed by atoms with van der Waals surface area (Å²) in [5, 5.41) is 0. The van der Waals surface area contributed by atoms with Crippen molar-refractivity contribution in [2.45, 2.75) is 13.3 Å². The summed E-state index contributed by atoms with van der Waals surface area (Å²) in [5.41, 5.74) is 5.03. The Labute approximate surface area is 62.9 Å². The van der Waals surface area contributed by atoms with E-state index in [-0.39, 0.29) is 0 Å². The van der Waals surface area contributed by atoms with Gasteiger partial charge in [0, 0.05) is 0 Å². The van der Waals surface area contributed by atoms with Crippen LogP contribution in [0.3, 0.4) is 0 Å². The average molecular weight is 137 g/mol. The predicted octanol–water partition coefficient (Wildman–Crippen LogP) is 2.04. The van der Waals surface area contributed by atoms with E-state index < -0.39 is 0 Å². The molecule has 0 saturated carbocycles. The Morgan fingerprint density at radius 3 is 1.20 bits per heavy atom. The van der Waals surface area contributed by atoms with Crippen LogP contribution in [0.1, 0.15) is 13.3 Å². The fourth-order valence-electron chi connectivity index (χ4n) is 0.385. The van der Waals surface area contributed by atoms with Gasteiger partial charge in [0.25, 0.3) is 0 Å². The van der Waals surface area contributed by atoms with E-state index in [4.69, 9.17) is 5.73 Å². The van der Waals surface area contributed by atoms with Gasteiger partial charge in [-0.25, -0.2) is 0 Å². The Morgan fingerprint density at radius 2 is 1.10 bits per heavy atom. The zero-order chi connectivity index (χ0) is 7.66. The molecule has 1 aromatic carbocycles. The minimum absolute atomic E-state index is 0.819. The molecule has 1 rings (SSSR count). The monoisotopic (exact) mass is 137 g/mol. The molecule has 2 N–H and O–H groups in total. The fourth-order valence-corrected chi connectivity index (χ4v) is 0.385. The summed E-state index contributed by atoms with van der Waals surface area (Å²) in [6, 6.07) is 12.0. The van der Waals surface area contributed by atoms with E-state index in [0.717, 1.165) is 13.0 Å². The van der Waals surface area contributed by atoms with Crippen molar-refractivity contribution in [3.05, 3.63) is 36.4 Å². The summed E-state index contributed by atoms with van der Waals surface area (Å²) in [4.78, 5) is 0. The minimum Gasteiger partial charge on any atom is -0.330 e. The van der Waals surface area contributed by atoms with Crippen molar-refractivity contribution >= 4 is 0 Å². The summed E-state index contributed by atoms with van der Waals surface area (Å²) in [6.07, 6.45) is 1.10. The van der Waals surface area contributed by atoms with E-state index in [9.17, 15) is 0 Å². The van der Waals surface area contributed by atoms with Crippen LogP contribution in [0, 0.1) is 0 Å². The average Bonchev–Trinajstić information content (AvgIpc) is 2.08. The molecule has 0 aromatic heterocycles. The van der Waals surface area contributed by atoms with E-state index in [0.29, 0.717) is 0 Å². The third-order valence-corrected chi connectivity index (χ3v) is 0.955. The van der Waals surface area contributed by atoms with Gasteiger partial charge in [-0.3, -0.25) is 0 Å². The number of benzene rings is 1. The van der Waals surface area contributed by atoms with Gasteiger partial charge in [-0.15, -0.1) is 0 Å². The van der Waals surface area contributed by atoms with Crippen LogP contribution in [-0.2, 0) is 0 Å². The third kappa shape index (κ3) is 7.18. The first-order valence-corrected chi connectivity index (χ1v) is 3.62. The van der Waals surface area contributed by atoms with Gasteiger partial charge in [0.05, 0.1) is 0 Å². The van der Waals surface area contributed by atoms with Crippen LogP contribution in [-0.4, -0.2) is 6.54 Å². The largest absolute Gasteiger partial charge is 0.330 e. The second kappa shape index (κ2) is 8.18. The maximum absolute atomic E-state index is 5.03. The molecule has 0 saturated heterocycles. The number of hydrogen-bond donors (Lipinski definition) is 1. The highest BCUT2D eigenvalue weighted by atomic mass is 14.5. The summed E-state index contributed by atoms with van der Waals surface area (Å²) < 4.78 is 0. The van der Waals surface area contributed by atoms with Gasteiger partial charge in [0.15, 0.2) is 0 Å². The highest BCUT2D eigenvalue weighted by molar-refractivity contribution is 4.99. The Hall–Kier alpha value is -0.820. The van der Waals surface area contributed by atoms with Crippen molar-refractivity contribution in [2.24, 2.45) is 5.73 Å². The quantitative estimate of drug-likeness (QED) is 0.629. The first kappa shape index (κ1) is 9.18. The second-order valence-electron chi connectivity index (χ2n) is 1.94. The van der Waals surface area contributed by atoms with Crippen LogP contribution in [0.15, 0.2) is 36.4 Å². The van der Waals surface area contributed by atoms with Gasteiger partial charge in [0.1, 0.15) is 0 Å². The number of rotatable bonds is 1. The maximum Gasteiger partial charge on any atom is -0.00799 e. The Bertz CT molecular complexity index is 96.7. The van der Waals surface area contributed by atoms with Crippen LogP contribution in [0.4, 0.5) is 0 Å². The Balaban J connectivity index is 0.000000180. The van der Waals surface area contributed by atoms with Gasteiger partial charge in [-0.05, 0) is 13.0 Å². The topological polar surface area (TPSA) is 26.0 Å². The maximum atomic E-state index is 5.03. The van der Waals surface area contributed by atoms with Gasteiger partial charge < -0.3 is 5.73 Å². The van der Waals surface area contributed by atoms with E-state index in [1.165, 1.54) is 0 Å². The molecule has 0 spiro atoms. The first-order chi connectivity index (χ1) is 4.91. The molecule has 0 atom stereocenters. The molecule has 1 aromatic rings. The number of nitrogens with two attached hydrogens (primary N) is 1. The van der Waals surface area contributed by atoms with Crippen LogP contribution >= 0.6 is 0 Å². The zero-order valence-electron chi connectivity index (χ0n) is 6.46. The summed E-state index contributed by atoms with van der Waals surface area (Å²) in [5.74, 6) is 0. The third-order valence-electron chi connectivity index (χ3n) is 0.955. The van der Waals surface area contributed by atoms with Crippen molar-refractivity contribution < 1.29 is 0 Å². The minimum atomic E-state index is 0.819. The smallest absolute Gasteiger partial charge is 0.00799 e. The van der Waals surface area contributed by atoms with Crippen LogP contribution in [0.2, 0.25) is 0 Å². The predicted molar refractivity (Wildman–Crippen MR) is 45.8 cm³/mol. The van der Waals surface area contributed by atoms with Crippen molar-refractivity contribution in [1.29, 1.82) is 0 Å². The molecule has 0 aliphatic heterocycles. The van der Waals surface area contributed by atoms with Gasteiger partial charge in [0.2, 0.25) is 0 Å². The molecule has 0 amide bonds. The van der Waals surface area contributed by atoms with Gasteiger partial charge >= 0.3 is 0 Å². The van der Waals surface area contributed by atoms with Crippen molar-refractivity contribution in [2.75, 3.05) is 6.54 Å². The van der Waals surface area contributed by atoms with Gasteiger partial charge in [-0.2, -0.15) is 0 Å². The second-order valence-corrected chi connectivity index (χ2v) is 1.94. The van der Waals surface area contributed by atoms with E-state index in [1.807, 2.05) is 36.4 Å². The molecule has 0 unspecified atom stereocenters. The molecule has 0 bridgehead atoms. The highest BCUT2D eigenvalue weighted by Crippen LogP contribution is 1.79. The van der Waals surface area contributed by atoms with E-state index in [1.54, 1.807) is 0 Å². The van der Waals surface area contributed by atoms with E-state index >= 15 is 0 Å². The molecular weight excluding hydrogens is 122 g/mol. The van der Waals surface area contributed by atoms with Gasteiger partial charge in [-0.1, -0.05) is 43.3 Å². The van der Waals surface area contributed by atoms with Crippen LogP contribution < -0.4 is 5.73 Å². The molecule has 1 nitrogen and oxygen atoms in total. The lowest BCUT2D eigenvalue weighted by Gasteiger charge is -1.70. The Kier molecular flexibility index (Phi) is 7.51. The lowest BCUT2D eigenvalue weighted by atomic mass is 10.4. The Morgan fingerprint density at radius 1 is 0.900 bits per heavy atom. The molecule has 1 heteroatoms. The summed E-state index contributed by atoms with van der Waals surface area (Å²) in [7, 11) is 0. The normalized spacial score (nSPS) is 7.80. The highest BCUT2D eigenvalue weighted by Gasteiger charge is 1.57. The molecular formula is C9H15N. The van der Waals surface area contributed by atoms with Crippen molar-refractivity contribution in [1.82, 2.24) is 0 Å². The molecule has 10 heavy (non-hydrogen) atoms. The standard InChI is InChI=1S/C6H6.C3H9N/c1-2-4-6-5-3-1;1-2-3-4/h1-6H;2-4H2,1H3. The van der Waals surface area contributed by atoms with Crippen LogP contribution in [0.25, 0.3) is 0 Å². The SMILES string of the molecule is CCCN.c1ccccc1. The van der Waals surface area contributed by atoms with Crippen LogP contribution in [0.5, 0.6) is 0 Å². The van der Waals surface area contributed by atoms with Crippen molar-refractivity contribution in [3.8, 4) is 0 Å². The molecule has 0 aliphatic carbocycles. The van der Waals surface area contributed by atoms with Crippen molar-refractivity contribution in [3.63, 3.8) is 0 Å². The molecule has 0 radical (unpaired) electrons. The molecule has 0 aliphatic rings. The lowest BCUT2D eigenvalue weighted by molar-refractivity contribution is 0.932. The first-order valence-electron chi connectivity index (χ1n) is 3.62. The fraction of sp³-hybridized carbons (Fsp3) is 0.333. The van der Waals surface area contributed by atoms with E-state index in [2.05, 4.69) is 6.92 Å².